The molecule has 0 N–H and O–H groups in total. The molecule has 0 radical (unpaired) electrons. The van der Waals surface area contributed by atoms with Gasteiger partial charge in [-0.05, 0) is 18.6 Å². The van der Waals surface area contributed by atoms with Crippen LogP contribution in [0.1, 0.15) is 5.56 Å². The van der Waals surface area contributed by atoms with Crippen molar-refractivity contribution in [2.45, 2.75) is 6.92 Å². The van der Waals surface area contributed by atoms with Crippen molar-refractivity contribution in [3.63, 3.8) is 0 Å². The number of aromatic nitrogens is 2. The zero-order valence-corrected chi connectivity index (χ0v) is 7.11. The number of hydrogen-bond acceptors (Lipinski definition) is 2. The Kier molecular flexibility index (Phi) is 1.50. The van der Waals surface area contributed by atoms with E-state index in [2.05, 4.69) is 4.98 Å². The first-order chi connectivity index (χ1) is 5.81. The molecule has 12 heavy (non-hydrogen) atoms. The van der Waals surface area contributed by atoms with Crippen LogP contribution in [0.15, 0.2) is 24.7 Å². The van der Waals surface area contributed by atoms with Crippen LogP contribution in [-0.2, 0) is 0 Å². The number of ether oxygens (including phenoxy) is 1. The summed E-state index contributed by atoms with van der Waals surface area (Å²) < 4.78 is 7.14. The second-order valence-corrected chi connectivity index (χ2v) is 2.74. The molecule has 3 heteroatoms. The van der Waals surface area contributed by atoms with Gasteiger partial charge in [0.15, 0.2) is 11.4 Å². The van der Waals surface area contributed by atoms with Gasteiger partial charge in [0.1, 0.15) is 0 Å². The third kappa shape index (κ3) is 0.942. The minimum atomic E-state index is 0.819. The molecule has 2 aromatic rings. The maximum absolute atomic E-state index is 5.18. The van der Waals surface area contributed by atoms with Crippen LogP contribution in [0.4, 0.5) is 0 Å². The van der Waals surface area contributed by atoms with E-state index < -0.39 is 0 Å². The molecule has 0 saturated heterocycles. The molecule has 0 fully saturated rings. The maximum Gasteiger partial charge on any atom is 0.179 e. The Morgan fingerprint density at radius 2 is 2.33 bits per heavy atom. The van der Waals surface area contributed by atoms with Gasteiger partial charge in [-0.2, -0.15) is 0 Å². The highest BCUT2D eigenvalue weighted by molar-refractivity contribution is 5.54. The largest absolute Gasteiger partial charge is 0.493 e. The van der Waals surface area contributed by atoms with E-state index in [9.17, 15) is 0 Å². The normalized spacial score (nSPS) is 10.5. The zero-order valence-electron chi connectivity index (χ0n) is 7.11. The first kappa shape index (κ1) is 7.16. The van der Waals surface area contributed by atoms with Gasteiger partial charge in [-0.25, -0.2) is 4.98 Å². The molecule has 0 spiro atoms. The van der Waals surface area contributed by atoms with Crippen molar-refractivity contribution in [2.24, 2.45) is 0 Å². The van der Waals surface area contributed by atoms with Crippen molar-refractivity contribution in [1.29, 1.82) is 0 Å². The van der Waals surface area contributed by atoms with E-state index in [0.29, 0.717) is 0 Å². The van der Waals surface area contributed by atoms with E-state index in [1.54, 1.807) is 13.3 Å². The van der Waals surface area contributed by atoms with Gasteiger partial charge in [0, 0.05) is 18.6 Å². The van der Waals surface area contributed by atoms with Crippen LogP contribution in [0.3, 0.4) is 0 Å². The van der Waals surface area contributed by atoms with Crippen molar-refractivity contribution < 1.29 is 4.74 Å². The van der Waals surface area contributed by atoms with Crippen molar-refractivity contribution in [3.8, 4) is 5.75 Å². The molecular formula is C9H10N2O. The molecule has 0 saturated carbocycles. The summed E-state index contributed by atoms with van der Waals surface area (Å²) >= 11 is 0. The minimum absolute atomic E-state index is 0.819. The first-order valence-electron chi connectivity index (χ1n) is 3.78. The Bertz CT molecular complexity index is 406. The highest BCUT2D eigenvalue weighted by atomic mass is 16.5. The Labute approximate surface area is 70.6 Å². The predicted octanol–water partition coefficient (Wildman–Crippen LogP) is 1.65. The van der Waals surface area contributed by atoms with Crippen molar-refractivity contribution >= 4 is 5.65 Å². The Hall–Kier alpha value is -1.51. The van der Waals surface area contributed by atoms with Crippen LogP contribution >= 0.6 is 0 Å². The van der Waals surface area contributed by atoms with E-state index in [-0.39, 0.29) is 0 Å². The molecule has 0 amide bonds. The van der Waals surface area contributed by atoms with Crippen LogP contribution in [-0.4, -0.2) is 16.5 Å². The topological polar surface area (TPSA) is 26.5 Å². The summed E-state index contributed by atoms with van der Waals surface area (Å²) in [4.78, 5) is 4.17. The summed E-state index contributed by atoms with van der Waals surface area (Å²) in [6, 6.07) is 1.97. The fourth-order valence-electron chi connectivity index (χ4n) is 1.29. The number of rotatable bonds is 1. The van der Waals surface area contributed by atoms with Crippen molar-refractivity contribution in [1.82, 2.24) is 9.38 Å². The van der Waals surface area contributed by atoms with Gasteiger partial charge < -0.3 is 9.14 Å². The highest BCUT2D eigenvalue weighted by Gasteiger charge is 2.02. The minimum Gasteiger partial charge on any atom is -0.493 e. The fourth-order valence-corrected chi connectivity index (χ4v) is 1.29. The standard InChI is InChI=1S/C9H10N2O/c1-7-5-8(12-2)9-10-3-4-11(9)6-7/h3-6H,1-2H3. The van der Waals surface area contributed by atoms with Gasteiger partial charge in [-0.1, -0.05) is 0 Å². The Balaban J connectivity index is 2.80. The average Bonchev–Trinajstić information content (AvgIpc) is 2.50. The number of hydrogen-bond donors (Lipinski definition) is 0. The molecule has 0 aliphatic carbocycles. The lowest BCUT2D eigenvalue weighted by atomic mass is 10.3. The van der Waals surface area contributed by atoms with E-state index >= 15 is 0 Å². The molecule has 3 nitrogen and oxygen atoms in total. The predicted molar refractivity (Wildman–Crippen MR) is 46.5 cm³/mol. The second-order valence-electron chi connectivity index (χ2n) is 2.74. The molecule has 0 aliphatic rings. The van der Waals surface area contributed by atoms with Crippen LogP contribution in [0.5, 0.6) is 5.75 Å². The third-order valence-corrected chi connectivity index (χ3v) is 1.81. The van der Waals surface area contributed by atoms with E-state index in [1.807, 2.05) is 29.8 Å². The quantitative estimate of drug-likeness (QED) is 0.637. The summed E-state index contributed by atoms with van der Waals surface area (Å²) in [5, 5.41) is 0. The van der Waals surface area contributed by atoms with Gasteiger partial charge in [0.25, 0.3) is 0 Å². The number of nitrogens with zero attached hydrogens (tertiary/aromatic N) is 2. The van der Waals surface area contributed by atoms with Gasteiger partial charge in [-0.3, -0.25) is 0 Å². The summed E-state index contributed by atoms with van der Waals surface area (Å²) in [6.07, 6.45) is 5.69. The van der Waals surface area contributed by atoms with Crippen LogP contribution in [0.25, 0.3) is 5.65 Å². The summed E-state index contributed by atoms with van der Waals surface area (Å²) in [5.41, 5.74) is 2.03. The van der Waals surface area contributed by atoms with Crippen molar-refractivity contribution in [2.75, 3.05) is 7.11 Å². The van der Waals surface area contributed by atoms with Gasteiger partial charge in [0.2, 0.25) is 0 Å². The Morgan fingerprint density at radius 3 is 3.08 bits per heavy atom. The molecule has 2 rings (SSSR count). The molecule has 0 unspecified atom stereocenters. The fraction of sp³-hybridized carbons (Fsp3) is 0.222. The molecule has 0 aliphatic heterocycles. The second kappa shape index (κ2) is 2.52. The first-order valence-corrected chi connectivity index (χ1v) is 3.78. The molecule has 0 atom stereocenters. The third-order valence-electron chi connectivity index (χ3n) is 1.81. The van der Waals surface area contributed by atoms with E-state index in [1.165, 1.54) is 0 Å². The van der Waals surface area contributed by atoms with Gasteiger partial charge in [0.05, 0.1) is 7.11 Å². The zero-order chi connectivity index (χ0) is 8.55. The summed E-state index contributed by atoms with van der Waals surface area (Å²) in [6.45, 7) is 2.03. The number of aryl methyl sites for hydroxylation is 1. The highest BCUT2D eigenvalue weighted by Crippen LogP contribution is 2.18. The lowest BCUT2D eigenvalue weighted by Gasteiger charge is -2.03. The van der Waals surface area contributed by atoms with Crippen LogP contribution in [0, 0.1) is 6.92 Å². The molecular weight excluding hydrogens is 152 g/mol. The summed E-state index contributed by atoms with van der Waals surface area (Å²) in [5.74, 6) is 0.819. The molecule has 2 heterocycles. The van der Waals surface area contributed by atoms with E-state index in [4.69, 9.17) is 4.74 Å². The van der Waals surface area contributed by atoms with Crippen LogP contribution < -0.4 is 4.74 Å². The molecule has 0 aromatic carbocycles. The maximum atomic E-state index is 5.18. The SMILES string of the molecule is COc1cc(C)cn2ccnc12. The molecule has 0 bridgehead atoms. The van der Waals surface area contributed by atoms with Crippen LogP contribution in [0.2, 0.25) is 0 Å². The van der Waals surface area contributed by atoms with Gasteiger partial charge in [-0.15, -0.1) is 0 Å². The number of pyridine rings is 1. The number of fused-ring (bicyclic) bond motifs is 1. The Morgan fingerprint density at radius 1 is 1.50 bits per heavy atom. The lowest BCUT2D eigenvalue weighted by molar-refractivity contribution is 0.416. The molecule has 2 aromatic heterocycles. The monoisotopic (exact) mass is 162 g/mol. The van der Waals surface area contributed by atoms with E-state index in [0.717, 1.165) is 17.0 Å². The lowest BCUT2D eigenvalue weighted by Crippen LogP contribution is -1.91. The smallest absolute Gasteiger partial charge is 0.179 e. The van der Waals surface area contributed by atoms with Gasteiger partial charge >= 0.3 is 0 Å². The molecule has 62 valence electrons. The number of methoxy groups -OCH3 is 1. The average molecular weight is 162 g/mol. The summed E-state index contributed by atoms with van der Waals surface area (Å²) in [7, 11) is 1.66. The van der Waals surface area contributed by atoms with Crippen molar-refractivity contribution in [3.05, 3.63) is 30.2 Å². The number of imidazole rings is 1.